The second-order valence-corrected chi connectivity index (χ2v) is 6.11. The summed E-state index contributed by atoms with van der Waals surface area (Å²) in [5, 5.41) is 3.32. The first kappa shape index (κ1) is 16.2. The van der Waals surface area contributed by atoms with Gasteiger partial charge in [-0.1, -0.05) is 17.7 Å². The van der Waals surface area contributed by atoms with Gasteiger partial charge in [-0.2, -0.15) is 0 Å². The Morgan fingerprint density at radius 2 is 2.00 bits per heavy atom. The minimum atomic E-state index is -2.46. The minimum Gasteiger partial charge on any atom is -0.496 e. The number of halogens is 2. The van der Waals surface area contributed by atoms with Crippen molar-refractivity contribution in [1.29, 1.82) is 0 Å². The predicted molar refractivity (Wildman–Crippen MR) is 81.2 cm³/mol. The molecule has 1 unspecified atom stereocenters. The molecule has 0 radical (unpaired) electrons. The molecule has 1 saturated carbocycles. The topological polar surface area (TPSA) is 21.3 Å². The summed E-state index contributed by atoms with van der Waals surface area (Å²) >= 11 is 0. The van der Waals surface area contributed by atoms with Gasteiger partial charge < -0.3 is 10.1 Å². The summed E-state index contributed by atoms with van der Waals surface area (Å²) in [6.45, 7) is 2.05. The lowest BCUT2D eigenvalue weighted by Crippen LogP contribution is -2.39. The molecule has 1 atom stereocenters. The number of rotatable bonds is 5. The molecule has 0 aromatic heterocycles. The van der Waals surface area contributed by atoms with Crippen LogP contribution < -0.4 is 10.1 Å². The van der Waals surface area contributed by atoms with Crippen LogP contribution >= 0.6 is 0 Å². The first-order valence-corrected chi connectivity index (χ1v) is 7.64. The normalized spacial score (nSPS) is 20.2. The highest BCUT2D eigenvalue weighted by Gasteiger charge is 2.37. The molecule has 0 spiro atoms. The molecule has 1 aromatic rings. The van der Waals surface area contributed by atoms with Gasteiger partial charge in [0.1, 0.15) is 5.75 Å². The summed E-state index contributed by atoms with van der Waals surface area (Å²) in [5.41, 5.74) is 2.34. The molecule has 118 valence electrons. The lowest BCUT2D eigenvalue weighted by Gasteiger charge is -2.34. The number of likely N-dealkylation sites (N-methyl/N-ethyl adjacent to an activating group) is 1. The third kappa shape index (κ3) is 4.16. The average molecular weight is 297 g/mol. The maximum Gasteiger partial charge on any atom is 0.248 e. The number of benzene rings is 1. The fourth-order valence-corrected chi connectivity index (χ4v) is 3.27. The molecule has 4 heteroatoms. The van der Waals surface area contributed by atoms with Crippen LogP contribution in [0, 0.1) is 12.8 Å². The third-order valence-corrected chi connectivity index (χ3v) is 4.58. The van der Waals surface area contributed by atoms with E-state index in [1.54, 1.807) is 7.11 Å². The molecule has 1 fully saturated rings. The number of nitrogens with one attached hydrogen (secondary N) is 1. The highest BCUT2D eigenvalue weighted by molar-refractivity contribution is 5.37. The highest BCUT2D eigenvalue weighted by Crippen LogP contribution is 2.38. The predicted octanol–water partition coefficient (Wildman–Crippen LogP) is 3.96. The van der Waals surface area contributed by atoms with Gasteiger partial charge in [-0.25, -0.2) is 8.78 Å². The van der Waals surface area contributed by atoms with Gasteiger partial charge in [0.2, 0.25) is 5.92 Å². The molecule has 1 aliphatic rings. The van der Waals surface area contributed by atoms with Crippen LogP contribution in [0.3, 0.4) is 0 Å². The summed E-state index contributed by atoms with van der Waals surface area (Å²) in [6, 6.07) is 6.35. The fraction of sp³-hybridized carbons (Fsp3) is 0.647. The second-order valence-electron chi connectivity index (χ2n) is 6.11. The number of aryl methyl sites for hydroxylation is 1. The summed E-state index contributed by atoms with van der Waals surface area (Å²) in [5.74, 6) is -1.28. The van der Waals surface area contributed by atoms with Crippen molar-refractivity contribution in [2.24, 2.45) is 5.92 Å². The zero-order chi connectivity index (χ0) is 15.5. The van der Waals surface area contributed by atoms with E-state index < -0.39 is 5.92 Å². The van der Waals surface area contributed by atoms with Crippen LogP contribution in [0.15, 0.2) is 18.2 Å². The molecule has 0 saturated heterocycles. The Bertz CT molecular complexity index is 466. The van der Waals surface area contributed by atoms with Crippen molar-refractivity contribution >= 4 is 0 Å². The van der Waals surface area contributed by atoms with E-state index in [-0.39, 0.29) is 18.9 Å². The first-order chi connectivity index (χ1) is 9.95. The van der Waals surface area contributed by atoms with E-state index >= 15 is 0 Å². The maximum atomic E-state index is 13.3. The lowest BCUT2D eigenvalue weighted by atomic mass is 9.80. The maximum absolute atomic E-state index is 13.3. The number of alkyl halides is 2. The van der Waals surface area contributed by atoms with Gasteiger partial charge in [-0.05, 0) is 50.8 Å². The van der Waals surface area contributed by atoms with Gasteiger partial charge in [-0.15, -0.1) is 0 Å². The smallest absolute Gasteiger partial charge is 0.248 e. The highest BCUT2D eigenvalue weighted by atomic mass is 19.3. The van der Waals surface area contributed by atoms with E-state index in [1.807, 2.05) is 19.2 Å². The van der Waals surface area contributed by atoms with Crippen LogP contribution in [0.25, 0.3) is 0 Å². The van der Waals surface area contributed by atoms with Crippen LogP contribution in [-0.4, -0.2) is 26.1 Å². The number of hydrogen-bond acceptors (Lipinski definition) is 2. The molecule has 2 rings (SSSR count). The van der Waals surface area contributed by atoms with Crippen molar-refractivity contribution < 1.29 is 13.5 Å². The SMILES string of the molecule is CNC(Cc1cc(C)ccc1OC)C1CCC(F)(F)CC1. The Balaban J connectivity index is 2.07. The number of ether oxygens (including phenoxy) is 1. The number of hydrogen-bond donors (Lipinski definition) is 1. The van der Waals surface area contributed by atoms with Gasteiger partial charge in [0, 0.05) is 18.9 Å². The zero-order valence-corrected chi connectivity index (χ0v) is 13.1. The van der Waals surface area contributed by atoms with Crippen molar-refractivity contribution in [1.82, 2.24) is 5.32 Å². The lowest BCUT2D eigenvalue weighted by molar-refractivity contribution is -0.0492. The molecule has 0 heterocycles. The van der Waals surface area contributed by atoms with E-state index in [2.05, 4.69) is 18.3 Å². The molecule has 0 amide bonds. The van der Waals surface area contributed by atoms with Crippen molar-refractivity contribution in [2.45, 2.75) is 51.0 Å². The van der Waals surface area contributed by atoms with Crippen molar-refractivity contribution in [3.63, 3.8) is 0 Å². The Morgan fingerprint density at radius 3 is 2.57 bits per heavy atom. The van der Waals surface area contributed by atoms with Crippen LogP contribution in [0.4, 0.5) is 8.78 Å². The summed E-state index contributed by atoms with van der Waals surface area (Å²) in [6.07, 6.45) is 2.03. The molecule has 2 nitrogen and oxygen atoms in total. The molecule has 0 aliphatic heterocycles. The fourth-order valence-electron chi connectivity index (χ4n) is 3.27. The van der Waals surface area contributed by atoms with Crippen molar-refractivity contribution in [3.8, 4) is 5.75 Å². The number of methoxy groups -OCH3 is 1. The van der Waals surface area contributed by atoms with E-state index in [4.69, 9.17) is 4.74 Å². The monoisotopic (exact) mass is 297 g/mol. The van der Waals surface area contributed by atoms with Crippen LogP contribution in [0.1, 0.15) is 36.8 Å². The van der Waals surface area contributed by atoms with Gasteiger partial charge >= 0.3 is 0 Å². The molecule has 1 aliphatic carbocycles. The minimum absolute atomic E-state index is 0.0147. The van der Waals surface area contributed by atoms with E-state index in [0.29, 0.717) is 18.8 Å². The molecule has 1 N–H and O–H groups in total. The van der Waals surface area contributed by atoms with Gasteiger partial charge in [-0.3, -0.25) is 0 Å². The van der Waals surface area contributed by atoms with Crippen molar-refractivity contribution in [2.75, 3.05) is 14.2 Å². The second kappa shape index (κ2) is 6.73. The molecule has 1 aromatic carbocycles. The quantitative estimate of drug-likeness (QED) is 0.888. The van der Waals surface area contributed by atoms with Crippen LogP contribution in [0.5, 0.6) is 5.75 Å². The van der Waals surface area contributed by atoms with E-state index in [1.165, 1.54) is 5.56 Å². The Kier molecular flexibility index (Phi) is 5.20. The summed E-state index contributed by atoms with van der Waals surface area (Å²) in [4.78, 5) is 0. The van der Waals surface area contributed by atoms with Gasteiger partial charge in [0.25, 0.3) is 0 Å². The largest absolute Gasteiger partial charge is 0.496 e. The standard InChI is InChI=1S/C17H25F2NO/c1-12-4-5-16(21-3)14(10-12)11-15(20-2)13-6-8-17(18,19)9-7-13/h4-5,10,13,15,20H,6-9,11H2,1-3H3. The molecular weight excluding hydrogens is 272 g/mol. The zero-order valence-electron chi connectivity index (χ0n) is 13.1. The summed E-state index contributed by atoms with van der Waals surface area (Å²) < 4.78 is 32.0. The molecular formula is C17H25F2NO. The Morgan fingerprint density at radius 1 is 1.33 bits per heavy atom. The van der Waals surface area contributed by atoms with Crippen molar-refractivity contribution in [3.05, 3.63) is 29.3 Å². The van der Waals surface area contributed by atoms with Crippen LogP contribution in [-0.2, 0) is 6.42 Å². The summed E-state index contributed by atoms with van der Waals surface area (Å²) in [7, 11) is 3.59. The average Bonchev–Trinajstić information content (AvgIpc) is 2.45. The molecule has 0 bridgehead atoms. The van der Waals surface area contributed by atoms with Gasteiger partial charge in [0.05, 0.1) is 7.11 Å². The Labute approximate surface area is 125 Å². The third-order valence-electron chi connectivity index (χ3n) is 4.58. The van der Waals surface area contributed by atoms with Gasteiger partial charge in [0.15, 0.2) is 0 Å². The molecule has 21 heavy (non-hydrogen) atoms. The van der Waals surface area contributed by atoms with Crippen LogP contribution in [0.2, 0.25) is 0 Å². The van der Waals surface area contributed by atoms with E-state index in [0.717, 1.165) is 17.7 Å². The Hall–Kier alpha value is -1.16. The first-order valence-electron chi connectivity index (χ1n) is 7.64. The van der Waals surface area contributed by atoms with E-state index in [9.17, 15) is 8.78 Å².